The predicted octanol–water partition coefficient (Wildman–Crippen LogP) is 2.43. The quantitative estimate of drug-likeness (QED) is 0.869. The monoisotopic (exact) mass is 278 g/mol. The molecule has 5 heteroatoms. The van der Waals surface area contributed by atoms with Gasteiger partial charge in [-0.1, -0.05) is 37.3 Å². The summed E-state index contributed by atoms with van der Waals surface area (Å²) in [4.78, 5) is 25.3. The fourth-order valence-corrected chi connectivity index (χ4v) is 1.80. The molecule has 0 bridgehead atoms. The van der Waals surface area contributed by atoms with Crippen molar-refractivity contribution in [3.8, 4) is 0 Å². The van der Waals surface area contributed by atoms with Gasteiger partial charge in [-0.25, -0.2) is 9.59 Å². The highest BCUT2D eigenvalue weighted by atomic mass is 16.4. The highest BCUT2D eigenvalue weighted by Gasteiger charge is 2.37. The van der Waals surface area contributed by atoms with Crippen molar-refractivity contribution in [1.29, 1.82) is 0 Å². The van der Waals surface area contributed by atoms with Gasteiger partial charge in [-0.3, -0.25) is 0 Å². The van der Waals surface area contributed by atoms with Crippen molar-refractivity contribution >= 4 is 12.0 Å². The van der Waals surface area contributed by atoms with Crippen molar-refractivity contribution in [3.63, 3.8) is 0 Å². The number of carbonyl (C=O) groups excluding carboxylic acids is 1. The second-order valence-corrected chi connectivity index (χ2v) is 5.09. The van der Waals surface area contributed by atoms with Gasteiger partial charge < -0.3 is 15.3 Å². The Bertz CT molecular complexity index is 475. The molecule has 1 aromatic rings. The van der Waals surface area contributed by atoms with Gasteiger partial charge in [0.05, 0.1) is 0 Å². The van der Waals surface area contributed by atoms with Crippen LogP contribution in [-0.4, -0.2) is 35.1 Å². The van der Waals surface area contributed by atoms with Crippen molar-refractivity contribution in [2.75, 3.05) is 7.05 Å². The molecule has 2 amide bonds. The van der Waals surface area contributed by atoms with E-state index >= 15 is 0 Å². The van der Waals surface area contributed by atoms with Crippen molar-refractivity contribution in [2.24, 2.45) is 0 Å². The van der Waals surface area contributed by atoms with Crippen LogP contribution < -0.4 is 5.32 Å². The van der Waals surface area contributed by atoms with Crippen molar-refractivity contribution in [2.45, 2.75) is 38.8 Å². The molecule has 2 atom stereocenters. The number of carboxylic acids is 1. The minimum absolute atomic E-state index is 0.0452. The number of benzene rings is 1. The van der Waals surface area contributed by atoms with Crippen LogP contribution in [0.2, 0.25) is 0 Å². The van der Waals surface area contributed by atoms with Gasteiger partial charge in [0.15, 0.2) is 5.54 Å². The van der Waals surface area contributed by atoms with E-state index in [0.717, 1.165) is 6.42 Å². The minimum Gasteiger partial charge on any atom is -0.479 e. The Morgan fingerprint density at radius 3 is 2.35 bits per heavy atom. The smallest absolute Gasteiger partial charge is 0.333 e. The van der Waals surface area contributed by atoms with E-state index in [0.29, 0.717) is 5.56 Å². The average molecular weight is 278 g/mol. The molecule has 0 aliphatic heterocycles. The first-order valence-electron chi connectivity index (χ1n) is 6.66. The van der Waals surface area contributed by atoms with E-state index < -0.39 is 17.5 Å². The van der Waals surface area contributed by atoms with Gasteiger partial charge in [0.25, 0.3) is 0 Å². The van der Waals surface area contributed by atoms with Gasteiger partial charge >= 0.3 is 12.0 Å². The van der Waals surface area contributed by atoms with Gasteiger partial charge in [0.1, 0.15) is 0 Å². The number of hydrogen-bond donors (Lipinski definition) is 2. The Balaban J connectivity index is 3.00. The van der Waals surface area contributed by atoms with Crippen LogP contribution >= 0.6 is 0 Å². The highest BCUT2D eigenvalue weighted by molar-refractivity contribution is 5.87. The number of hydrogen-bond acceptors (Lipinski definition) is 2. The first-order valence-corrected chi connectivity index (χ1v) is 6.66. The summed E-state index contributed by atoms with van der Waals surface area (Å²) < 4.78 is 0. The molecule has 2 N–H and O–H groups in total. The third-order valence-corrected chi connectivity index (χ3v) is 3.71. The largest absolute Gasteiger partial charge is 0.479 e. The fraction of sp³-hybridized carbons (Fsp3) is 0.467. The lowest BCUT2D eigenvalue weighted by molar-refractivity contribution is -0.144. The maximum atomic E-state index is 12.2. The Morgan fingerprint density at radius 2 is 1.90 bits per heavy atom. The zero-order chi connectivity index (χ0) is 15.3. The van der Waals surface area contributed by atoms with Gasteiger partial charge in [0.2, 0.25) is 0 Å². The fourth-order valence-electron chi connectivity index (χ4n) is 1.80. The van der Waals surface area contributed by atoms with E-state index in [1.807, 2.05) is 13.8 Å². The zero-order valence-electron chi connectivity index (χ0n) is 12.4. The normalized spacial score (nSPS) is 15.0. The van der Waals surface area contributed by atoms with Crippen LogP contribution in [-0.2, 0) is 10.3 Å². The number of carbonyl (C=O) groups is 2. The highest BCUT2D eigenvalue weighted by Crippen LogP contribution is 2.21. The zero-order valence-corrected chi connectivity index (χ0v) is 12.4. The maximum absolute atomic E-state index is 12.2. The third-order valence-electron chi connectivity index (χ3n) is 3.71. The summed E-state index contributed by atoms with van der Waals surface area (Å²) in [5.74, 6) is -1.09. The summed E-state index contributed by atoms with van der Waals surface area (Å²) in [5.41, 5.74) is -0.904. The van der Waals surface area contributed by atoms with Crippen molar-refractivity contribution in [1.82, 2.24) is 10.2 Å². The summed E-state index contributed by atoms with van der Waals surface area (Å²) in [5, 5.41) is 12.1. The molecule has 0 fully saturated rings. The second kappa shape index (κ2) is 6.41. The molecule has 0 aliphatic rings. The topological polar surface area (TPSA) is 69.6 Å². The van der Waals surface area contributed by atoms with Crippen molar-refractivity contribution < 1.29 is 14.7 Å². The lowest BCUT2D eigenvalue weighted by Gasteiger charge is -2.31. The molecule has 1 aromatic carbocycles. The van der Waals surface area contributed by atoms with Gasteiger partial charge in [0, 0.05) is 13.1 Å². The average Bonchev–Trinajstić information content (AvgIpc) is 2.46. The van der Waals surface area contributed by atoms with E-state index in [1.54, 1.807) is 37.4 Å². The number of nitrogens with one attached hydrogen (secondary N) is 1. The number of amides is 2. The minimum atomic E-state index is -1.44. The van der Waals surface area contributed by atoms with Crippen LogP contribution in [0, 0.1) is 0 Å². The Morgan fingerprint density at radius 1 is 1.35 bits per heavy atom. The second-order valence-electron chi connectivity index (χ2n) is 5.09. The molecule has 0 radical (unpaired) electrons. The lowest BCUT2D eigenvalue weighted by Crippen LogP contribution is -2.54. The van der Waals surface area contributed by atoms with Crippen LogP contribution in [0.25, 0.3) is 0 Å². The lowest BCUT2D eigenvalue weighted by atomic mass is 9.92. The Hall–Kier alpha value is -2.04. The standard InChI is InChI=1S/C15H22N2O3/c1-5-11(2)17(4)14(20)16-15(3,13(18)19)12-9-7-6-8-10-12/h6-11H,5H2,1-4H3,(H,16,20)(H,18,19). The number of urea groups is 1. The number of rotatable bonds is 5. The summed E-state index contributed by atoms with van der Waals surface area (Å²) >= 11 is 0. The maximum Gasteiger partial charge on any atom is 0.333 e. The third kappa shape index (κ3) is 3.29. The molecule has 0 aliphatic carbocycles. The molecule has 0 saturated heterocycles. The molecule has 0 spiro atoms. The number of carboxylic acid groups (broad SMARTS) is 1. The molecular formula is C15H22N2O3. The van der Waals surface area contributed by atoms with E-state index in [1.165, 1.54) is 11.8 Å². The molecule has 2 unspecified atom stereocenters. The molecule has 20 heavy (non-hydrogen) atoms. The molecule has 0 heterocycles. The SMILES string of the molecule is CCC(C)N(C)C(=O)NC(C)(C(=O)O)c1ccccc1. The number of aliphatic carboxylic acids is 1. The summed E-state index contributed by atoms with van der Waals surface area (Å²) in [6.45, 7) is 5.38. The van der Waals surface area contributed by atoms with E-state index in [4.69, 9.17) is 0 Å². The molecule has 5 nitrogen and oxygen atoms in total. The summed E-state index contributed by atoms with van der Waals surface area (Å²) in [7, 11) is 1.66. The Labute approximate surface area is 119 Å². The van der Waals surface area contributed by atoms with E-state index in [9.17, 15) is 14.7 Å². The van der Waals surface area contributed by atoms with Gasteiger partial charge in [-0.05, 0) is 25.8 Å². The van der Waals surface area contributed by atoms with Crippen LogP contribution in [0.15, 0.2) is 30.3 Å². The molecule has 0 saturated carbocycles. The van der Waals surface area contributed by atoms with Crippen LogP contribution in [0.1, 0.15) is 32.8 Å². The molecular weight excluding hydrogens is 256 g/mol. The predicted molar refractivity (Wildman–Crippen MR) is 77.5 cm³/mol. The van der Waals surface area contributed by atoms with Crippen LogP contribution in [0.3, 0.4) is 0 Å². The first-order chi connectivity index (χ1) is 9.32. The van der Waals surface area contributed by atoms with Gasteiger partial charge in [-0.2, -0.15) is 0 Å². The molecule has 110 valence electrons. The number of nitrogens with zero attached hydrogens (tertiary/aromatic N) is 1. The van der Waals surface area contributed by atoms with E-state index in [-0.39, 0.29) is 6.04 Å². The summed E-state index contributed by atoms with van der Waals surface area (Å²) in [6.07, 6.45) is 0.805. The summed E-state index contributed by atoms with van der Waals surface area (Å²) in [6, 6.07) is 8.34. The first kappa shape index (κ1) is 16.0. The van der Waals surface area contributed by atoms with Crippen LogP contribution in [0.5, 0.6) is 0 Å². The molecule has 0 aromatic heterocycles. The van der Waals surface area contributed by atoms with Crippen LogP contribution in [0.4, 0.5) is 4.79 Å². The molecule has 1 rings (SSSR count). The van der Waals surface area contributed by atoms with Gasteiger partial charge in [-0.15, -0.1) is 0 Å². The van der Waals surface area contributed by atoms with Crippen molar-refractivity contribution in [3.05, 3.63) is 35.9 Å². The Kier molecular flexibility index (Phi) is 5.13. The van der Waals surface area contributed by atoms with E-state index in [2.05, 4.69) is 5.32 Å².